The molecular formula is C13H17FN2O3. The fourth-order valence-electron chi connectivity index (χ4n) is 1.60. The van der Waals surface area contributed by atoms with E-state index in [1.807, 2.05) is 0 Å². The van der Waals surface area contributed by atoms with Crippen LogP contribution in [0.4, 0.5) is 9.18 Å². The molecule has 0 aliphatic carbocycles. The molecule has 1 aromatic rings. The Kier molecular flexibility index (Phi) is 5.78. The maximum Gasteiger partial charge on any atom is 0.315 e. The van der Waals surface area contributed by atoms with Gasteiger partial charge in [0, 0.05) is 12.6 Å². The number of amides is 2. The number of hydrogen-bond donors (Lipinski definition) is 3. The van der Waals surface area contributed by atoms with Gasteiger partial charge in [0.25, 0.3) is 0 Å². The summed E-state index contributed by atoms with van der Waals surface area (Å²) in [6.07, 6.45) is 0.244. The van der Waals surface area contributed by atoms with Gasteiger partial charge in [0.05, 0.1) is 6.42 Å². The molecule has 0 radical (unpaired) electrons. The topological polar surface area (TPSA) is 78.4 Å². The second-order valence-corrected chi connectivity index (χ2v) is 4.24. The zero-order valence-corrected chi connectivity index (χ0v) is 10.6. The van der Waals surface area contributed by atoms with E-state index < -0.39 is 18.0 Å². The third-order valence-electron chi connectivity index (χ3n) is 2.50. The second kappa shape index (κ2) is 7.35. The third-order valence-corrected chi connectivity index (χ3v) is 2.50. The average molecular weight is 268 g/mol. The standard InChI is InChI=1S/C13H17FN2O3/c1-9(8-12(17)18)16-13(19)15-7-6-10-4-2-3-5-11(10)14/h2-5,9H,6-8H2,1H3,(H,17,18)(H2,15,16,19). The molecule has 0 saturated heterocycles. The lowest BCUT2D eigenvalue weighted by molar-refractivity contribution is -0.137. The molecule has 1 atom stereocenters. The minimum Gasteiger partial charge on any atom is -0.481 e. The van der Waals surface area contributed by atoms with Crippen molar-refractivity contribution in [1.82, 2.24) is 10.6 Å². The van der Waals surface area contributed by atoms with Crippen LogP contribution in [0.2, 0.25) is 0 Å². The monoisotopic (exact) mass is 268 g/mol. The van der Waals surface area contributed by atoms with Crippen molar-refractivity contribution in [2.45, 2.75) is 25.8 Å². The lowest BCUT2D eigenvalue weighted by Crippen LogP contribution is -2.42. The Morgan fingerprint density at radius 3 is 2.68 bits per heavy atom. The SMILES string of the molecule is CC(CC(=O)O)NC(=O)NCCc1ccccc1F. The summed E-state index contributed by atoms with van der Waals surface area (Å²) in [5, 5.41) is 13.6. The van der Waals surface area contributed by atoms with Crippen molar-refractivity contribution < 1.29 is 19.1 Å². The summed E-state index contributed by atoms with van der Waals surface area (Å²) < 4.78 is 13.3. The second-order valence-electron chi connectivity index (χ2n) is 4.24. The van der Waals surface area contributed by atoms with E-state index in [9.17, 15) is 14.0 Å². The van der Waals surface area contributed by atoms with Crippen molar-refractivity contribution in [3.8, 4) is 0 Å². The van der Waals surface area contributed by atoms with Crippen LogP contribution < -0.4 is 10.6 Å². The molecule has 3 N–H and O–H groups in total. The summed E-state index contributed by atoms with van der Waals surface area (Å²) in [6, 6.07) is 5.45. The van der Waals surface area contributed by atoms with E-state index in [1.165, 1.54) is 6.07 Å². The van der Waals surface area contributed by atoms with Gasteiger partial charge in [-0.3, -0.25) is 4.79 Å². The largest absolute Gasteiger partial charge is 0.481 e. The number of carbonyl (C=O) groups excluding carboxylic acids is 1. The number of nitrogens with one attached hydrogen (secondary N) is 2. The van der Waals surface area contributed by atoms with Crippen molar-refractivity contribution in [3.63, 3.8) is 0 Å². The van der Waals surface area contributed by atoms with Crippen molar-refractivity contribution in [3.05, 3.63) is 35.6 Å². The molecule has 0 aliphatic rings. The first-order chi connectivity index (χ1) is 8.99. The molecule has 1 aromatic carbocycles. The van der Waals surface area contributed by atoms with Crippen LogP contribution in [-0.2, 0) is 11.2 Å². The Bertz CT molecular complexity index is 451. The molecule has 6 heteroatoms. The number of urea groups is 1. The lowest BCUT2D eigenvalue weighted by Gasteiger charge is -2.12. The normalized spacial score (nSPS) is 11.7. The molecule has 0 spiro atoms. The maximum absolute atomic E-state index is 13.3. The average Bonchev–Trinajstić information content (AvgIpc) is 2.30. The highest BCUT2D eigenvalue weighted by Gasteiger charge is 2.10. The molecule has 19 heavy (non-hydrogen) atoms. The van der Waals surface area contributed by atoms with Crippen LogP contribution >= 0.6 is 0 Å². The molecule has 1 unspecified atom stereocenters. The van der Waals surface area contributed by atoms with Crippen molar-refractivity contribution in [2.75, 3.05) is 6.54 Å². The number of carbonyl (C=O) groups is 2. The van der Waals surface area contributed by atoms with Gasteiger partial charge in [0.15, 0.2) is 0 Å². The van der Waals surface area contributed by atoms with Crippen LogP contribution in [0.5, 0.6) is 0 Å². The molecule has 2 amide bonds. The molecule has 0 aliphatic heterocycles. The molecule has 104 valence electrons. The summed E-state index contributed by atoms with van der Waals surface area (Å²) in [5.41, 5.74) is 0.529. The van der Waals surface area contributed by atoms with E-state index in [2.05, 4.69) is 10.6 Å². The van der Waals surface area contributed by atoms with Gasteiger partial charge in [-0.1, -0.05) is 18.2 Å². The first kappa shape index (κ1) is 14.9. The van der Waals surface area contributed by atoms with Crippen LogP contribution in [0.15, 0.2) is 24.3 Å². The number of rotatable bonds is 6. The van der Waals surface area contributed by atoms with Gasteiger partial charge < -0.3 is 15.7 Å². The molecule has 5 nitrogen and oxygen atoms in total. The van der Waals surface area contributed by atoms with E-state index in [0.717, 1.165) is 0 Å². The number of carboxylic acid groups (broad SMARTS) is 1. The maximum atomic E-state index is 13.3. The number of hydrogen-bond acceptors (Lipinski definition) is 2. The first-order valence-corrected chi connectivity index (χ1v) is 5.98. The van der Waals surface area contributed by atoms with Crippen molar-refractivity contribution in [2.24, 2.45) is 0 Å². The minimum absolute atomic E-state index is 0.138. The Morgan fingerprint density at radius 1 is 1.37 bits per heavy atom. The Balaban J connectivity index is 2.28. The smallest absolute Gasteiger partial charge is 0.315 e. The van der Waals surface area contributed by atoms with Crippen molar-refractivity contribution >= 4 is 12.0 Å². The Labute approximate surface area is 110 Å². The van der Waals surface area contributed by atoms with Gasteiger partial charge >= 0.3 is 12.0 Å². The Morgan fingerprint density at radius 2 is 2.05 bits per heavy atom. The summed E-state index contributed by atoms with van der Waals surface area (Å²) in [6.45, 7) is 1.89. The highest BCUT2D eigenvalue weighted by molar-refractivity contribution is 5.75. The summed E-state index contributed by atoms with van der Waals surface area (Å²) in [5.74, 6) is -1.27. The molecule has 0 heterocycles. The quantitative estimate of drug-likeness (QED) is 0.732. The van der Waals surface area contributed by atoms with Gasteiger partial charge in [-0.2, -0.15) is 0 Å². The van der Waals surface area contributed by atoms with Crippen LogP contribution in [0.1, 0.15) is 18.9 Å². The molecule has 0 bridgehead atoms. The van der Waals surface area contributed by atoms with Gasteiger partial charge in [-0.15, -0.1) is 0 Å². The van der Waals surface area contributed by atoms with E-state index in [4.69, 9.17) is 5.11 Å². The van der Waals surface area contributed by atoms with Gasteiger partial charge in [0.1, 0.15) is 5.82 Å². The molecule has 1 rings (SSSR count). The van der Waals surface area contributed by atoms with Crippen LogP contribution in [0.3, 0.4) is 0 Å². The van der Waals surface area contributed by atoms with Gasteiger partial charge in [0.2, 0.25) is 0 Å². The summed E-state index contributed by atoms with van der Waals surface area (Å²) in [4.78, 5) is 21.8. The third kappa shape index (κ3) is 5.85. The van der Waals surface area contributed by atoms with E-state index in [-0.39, 0.29) is 18.8 Å². The number of carboxylic acids is 1. The van der Waals surface area contributed by atoms with E-state index in [1.54, 1.807) is 25.1 Å². The van der Waals surface area contributed by atoms with Crippen LogP contribution in [-0.4, -0.2) is 29.7 Å². The zero-order chi connectivity index (χ0) is 14.3. The zero-order valence-electron chi connectivity index (χ0n) is 10.6. The first-order valence-electron chi connectivity index (χ1n) is 5.98. The van der Waals surface area contributed by atoms with E-state index >= 15 is 0 Å². The number of benzene rings is 1. The predicted octanol–water partition coefficient (Wildman–Crippen LogP) is 1.53. The molecule has 0 aromatic heterocycles. The summed E-state index contributed by atoms with van der Waals surface area (Å²) in [7, 11) is 0. The van der Waals surface area contributed by atoms with Crippen LogP contribution in [0, 0.1) is 5.82 Å². The van der Waals surface area contributed by atoms with Crippen molar-refractivity contribution in [1.29, 1.82) is 0 Å². The molecular weight excluding hydrogens is 251 g/mol. The predicted molar refractivity (Wildman–Crippen MR) is 68.4 cm³/mol. The number of halogens is 1. The Hall–Kier alpha value is -2.11. The fourth-order valence-corrected chi connectivity index (χ4v) is 1.60. The molecule has 0 fully saturated rings. The van der Waals surface area contributed by atoms with Gasteiger partial charge in [-0.25, -0.2) is 9.18 Å². The fraction of sp³-hybridized carbons (Fsp3) is 0.385. The van der Waals surface area contributed by atoms with Gasteiger partial charge in [-0.05, 0) is 25.0 Å². The highest BCUT2D eigenvalue weighted by Crippen LogP contribution is 2.06. The minimum atomic E-state index is -0.973. The van der Waals surface area contributed by atoms with Crippen LogP contribution in [0.25, 0.3) is 0 Å². The number of aliphatic carboxylic acids is 1. The molecule has 0 saturated carbocycles. The van der Waals surface area contributed by atoms with E-state index in [0.29, 0.717) is 12.0 Å². The highest BCUT2D eigenvalue weighted by atomic mass is 19.1. The lowest BCUT2D eigenvalue weighted by atomic mass is 10.1. The summed E-state index contributed by atoms with van der Waals surface area (Å²) >= 11 is 0.